The molecule has 0 aliphatic heterocycles. The minimum Gasteiger partial charge on any atom is -0.396 e. The molecule has 1 aromatic heterocycles. The van der Waals surface area contributed by atoms with Gasteiger partial charge >= 0.3 is 0 Å². The summed E-state index contributed by atoms with van der Waals surface area (Å²) >= 11 is 0. The van der Waals surface area contributed by atoms with Gasteiger partial charge in [-0.2, -0.15) is 0 Å². The first-order valence-corrected chi connectivity index (χ1v) is 7.27. The zero-order chi connectivity index (χ0) is 14.4. The summed E-state index contributed by atoms with van der Waals surface area (Å²) in [5.41, 5.74) is 0. The Morgan fingerprint density at radius 2 is 2.30 bits per heavy atom. The molecule has 0 spiro atoms. The van der Waals surface area contributed by atoms with E-state index >= 15 is 0 Å². The summed E-state index contributed by atoms with van der Waals surface area (Å²) in [5, 5.41) is 15.3. The van der Waals surface area contributed by atoms with Gasteiger partial charge in [0.15, 0.2) is 5.82 Å². The molecule has 0 radical (unpaired) electrons. The van der Waals surface area contributed by atoms with Crippen LogP contribution in [0.1, 0.15) is 37.9 Å². The smallest absolute Gasteiger partial charge is 0.226 e. The molecule has 2 N–H and O–H groups in total. The van der Waals surface area contributed by atoms with Gasteiger partial charge in [-0.05, 0) is 39.2 Å². The molecule has 0 aromatic carbocycles. The lowest BCUT2D eigenvalue weighted by Gasteiger charge is -2.21. The predicted octanol–water partition coefficient (Wildman–Crippen LogP) is 1.55. The normalized spacial score (nSPS) is 14.8. The summed E-state index contributed by atoms with van der Waals surface area (Å²) in [6.45, 7) is 3.75. The number of hydrogen-bond donors (Lipinski definition) is 2. The summed E-state index contributed by atoms with van der Waals surface area (Å²) in [4.78, 5) is 14.2. The predicted molar refractivity (Wildman–Crippen MR) is 75.4 cm³/mol. The second kappa shape index (κ2) is 7.40. The molecule has 6 heteroatoms. The topological polar surface area (TPSA) is 78.6 Å². The van der Waals surface area contributed by atoms with E-state index in [1.807, 2.05) is 0 Å². The molecule has 6 nitrogen and oxygen atoms in total. The third kappa shape index (κ3) is 4.94. The van der Waals surface area contributed by atoms with Gasteiger partial charge in [-0.1, -0.05) is 5.16 Å². The number of rotatable bonds is 9. The first kappa shape index (κ1) is 15.0. The molecule has 0 unspecified atom stereocenters. The van der Waals surface area contributed by atoms with E-state index in [-0.39, 0.29) is 12.5 Å². The van der Waals surface area contributed by atoms with Crippen LogP contribution in [0.5, 0.6) is 0 Å². The van der Waals surface area contributed by atoms with Crippen LogP contribution < -0.4 is 5.32 Å². The number of amides is 1. The lowest BCUT2D eigenvalue weighted by molar-refractivity contribution is -0.116. The average molecular weight is 281 g/mol. The third-order valence-corrected chi connectivity index (χ3v) is 3.44. The van der Waals surface area contributed by atoms with E-state index in [4.69, 9.17) is 9.63 Å². The van der Waals surface area contributed by atoms with Gasteiger partial charge in [0.2, 0.25) is 5.91 Å². The van der Waals surface area contributed by atoms with E-state index in [1.54, 1.807) is 13.0 Å². The Morgan fingerprint density at radius 1 is 1.50 bits per heavy atom. The van der Waals surface area contributed by atoms with Gasteiger partial charge in [0, 0.05) is 31.7 Å². The molecule has 1 aliphatic carbocycles. The van der Waals surface area contributed by atoms with Crippen LogP contribution in [-0.4, -0.2) is 46.8 Å². The molecule has 2 rings (SSSR count). The molecule has 20 heavy (non-hydrogen) atoms. The summed E-state index contributed by atoms with van der Waals surface area (Å²) in [6, 6.07) is 2.34. The van der Waals surface area contributed by atoms with Crippen LogP contribution in [0.2, 0.25) is 0 Å². The number of aromatic nitrogens is 1. The number of nitrogens with one attached hydrogen (secondary N) is 1. The van der Waals surface area contributed by atoms with E-state index in [0.717, 1.165) is 25.9 Å². The molecule has 1 aliphatic rings. The Bertz CT molecular complexity index is 429. The Hall–Kier alpha value is -1.40. The van der Waals surface area contributed by atoms with Crippen molar-refractivity contribution >= 4 is 11.7 Å². The Balaban J connectivity index is 1.70. The lowest BCUT2D eigenvalue weighted by atomic mass is 10.2. The summed E-state index contributed by atoms with van der Waals surface area (Å²) in [5.74, 6) is 1.13. The summed E-state index contributed by atoms with van der Waals surface area (Å²) in [7, 11) is 0. The molecular weight excluding hydrogens is 258 g/mol. The highest BCUT2D eigenvalue weighted by Crippen LogP contribution is 2.27. The fraction of sp³-hybridized carbons (Fsp3) is 0.714. The number of carbonyl (C=O) groups is 1. The number of nitrogens with zero attached hydrogens (tertiary/aromatic N) is 2. The number of anilines is 1. The molecule has 0 saturated heterocycles. The first-order valence-electron chi connectivity index (χ1n) is 7.27. The minimum absolute atomic E-state index is 0.0360. The van der Waals surface area contributed by atoms with Crippen molar-refractivity contribution in [3.63, 3.8) is 0 Å². The third-order valence-electron chi connectivity index (χ3n) is 3.44. The molecule has 0 atom stereocenters. The highest BCUT2D eigenvalue weighted by Gasteiger charge is 2.28. The standard InChI is InChI=1S/C14H23N3O3/c1-11-10-13(16-20-11)15-14(19)6-8-17(12-4-5-12)7-2-3-9-18/h10,12,18H,2-9H2,1H3,(H,15,16,19). The van der Waals surface area contributed by atoms with Crippen LogP contribution in [0.4, 0.5) is 5.82 Å². The number of aryl methyl sites for hydroxylation is 1. The highest BCUT2D eigenvalue weighted by molar-refractivity contribution is 5.89. The molecule has 1 amide bonds. The van der Waals surface area contributed by atoms with Crippen molar-refractivity contribution in [3.05, 3.63) is 11.8 Å². The lowest BCUT2D eigenvalue weighted by Crippen LogP contribution is -2.31. The monoisotopic (exact) mass is 281 g/mol. The van der Waals surface area contributed by atoms with E-state index in [9.17, 15) is 4.79 Å². The molecule has 1 saturated carbocycles. The van der Waals surface area contributed by atoms with Crippen LogP contribution in [0.15, 0.2) is 10.6 Å². The number of unbranched alkanes of at least 4 members (excludes halogenated alkanes) is 1. The molecule has 0 bridgehead atoms. The van der Waals surface area contributed by atoms with Crippen LogP contribution in [0.25, 0.3) is 0 Å². The fourth-order valence-corrected chi connectivity index (χ4v) is 2.22. The molecule has 1 aromatic rings. The molecule has 1 heterocycles. The zero-order valence-electron chi connectivity index (χ0n) is 12.0. The fourth-order valence-electron chi connectivity index (χ4n) is 2.22. The van der Waals surface area contributed by atoms with Gasteiger partial charge in [-0.3, -0.25) is 9.69 Å². The van der Waals surface area contributed by atoms with E-state index in [0.29, 0.717) is 24.0 Å². The van der Waals surface area contributed by atoms with Crippen molar-refractivity contribution in [2.45, 2.75) is 45.1 Å². The SMILES string of the molecule is Cc1cc(NC(=O)CCN(CCCCO)C2CC2)no1. The van der Waals surface area contributed by atoms with Gasteiger partial charge in [0.25, 0.3) is 0 Å². The zero-order valence-corrected chi connectivity index (χ0v) is 12.0. The van der Waals surface area contributed by atoms with Crippen molar-refractivity contribution in [3.8, 4) is 0 Å². The number of aliphatic hydroxyl groups is 1. The van der Waals surface area contributed by atoms with Crippen LogP contribution >= 0.6 is 0 Å². The number of hydrogen-bond acceptors (Lipinski definition) is 5. The Labute approximate surface area is 119 Å². The van der Waals surface area contributed by atoms with Crippen molar-refractivity contribution in [1.29, 1.82) is 0 Å². The first-order chi connectivity index (χ1) is 9.69. The number of carbonyl (C=O) groups excluding carboxylic acids is 1. The second-order valence-corrected chi connectivity index (χ2v) is 5.32. The van der Waals surface area contributed by atoms with Crippen LogP contribution in [0.3, 0.4) is 0 Å². The van der Waals surface area contributed by atoms with Gasteiger partial charge in [-0.25, -0.2) is 0 Å². The molecule has 1 fully saturated rings. The van der Waals surface area contributed by atoms with Crippen molar-refractivity contribution in [1.82, 2.24) is 10.1 Å². The minimum atomic E-state index is -0.0360. The molecule has 112 valence electrons. The van der Waals surface area contributed by atoms with Crippen LogP contribution in [-0.2, 0) is 4.79 Å². The maximum Gasteiger partial charge on any atom is 0.226 e. The van der Waals surface area contributed by atoms with Crippen molar-refractivity contribution in [2.75, 3.05) is 25.0 Å². The van der Waals surface area contributed by atoms with Crippen molar-refractivity contribution in [2.24, 2.45) is 0 Å². The number of aliphatic hydroxyl groups excluding tert-OH is 1. The summed E-state index contributed by atoms with van der Waals surface area (Å²) < 4.78 is 4.91. The van der Waals surface area contributed by atoms with Gasteiger partial charge in [-0.15, -0.1) is 0 Å². The maximum absolute atomic E-state index is 11.8. The van der Waals surface area contributed by atoms with Crippen molar-refractivity contribution < 1.29 is 14.4 Å². The van der Waals surface area contributed by atoms with E-state index in [2.05, 4.69) is 15.4 Å². The molecular formula is C14H23N3O3. The van der Waals surface area contributed by atoms with Gasteiger partial charge in [0.1, 0.15) is 5.76 Å². The Morgan fingerprint density at radius 3 is 2.90 bits per heavy atom. The quantitative estimate of drug-likeness (QED) is 0.671. The van der Waals surface area contributed by atoms with Crippen LogP contribution in [0, 0.1) is 6.92 Å². The van der Waals surface area contributed by atoms with Gasteiger partial charge < -0.3 is 14.9 Å². The average Bonchev–Trinajstić information content (AvgIpc) is 3.18. The Kier molecular flexibility index (Phi) is 5.55. The van der Waals surface area contributed by atoms with E-state index in [1.165, 1.54) is 12.8 Å². The largest absolute Gasteiger partial charge is 0.396 e. The second-order valence-electron chi connectivity index (χ2n) is 5.32. The van der Waals surface area contributed by atoms with Gasteiger partial charge in [0.05, 0.1) is 0 Å². The maximum atomic E-state index is 11.8. The highest BCUT2D eigenvalue weighted by atomic mass is 16.5. The van der Waals surface area contributed by atoms with E-state index < -0.39 is 0 Å². The summed E-state index contributed by atoms with van der Waals surface area (Å²) in [6.07, 6.45) is 4.72.